The molecule has 318 valence electrons. The molecule has 15 rings (SSSR count). The molecule has 7 heterocycles. The van der Waals surface area contributed by atoms with E-state index in [0.717, 1.165) is 105 Å². The van der Waals surface area contributed by atoms with E-state index in [2.05, 4.69) is 156 Å². The Hall–Kier alpha value is -9.83. The molecule has 0 radical (unpaired) electrons. The second-order valence-corrected chi connectivity index (χ2v) is 17.7. The Morgan fingerprint density at radius 3 is 1.72 bits per heavy atom. The van der Waals surface area contributed by atoms with Gasteiger partial charge in [-0.25, -0.2) is 9.69 Å². The van der Waals surface area contributed by atoms with Gasteiger partial charge in [0, 0.05) is 62.4 Å². The molecule has 0 saturated carbocycles. The van der Waals surface area contributed by atoms with E-state index in [-0.39, 0.29) is 0 Å². The molecule has 0 N–H and O–H groups in total. The standard InChI is InChI=1S/C60H32N8O/c1-61-35-20-24-51-43(29-35)44-30-36(62-2)21-25-52(44)68(51)53-18-9-19-55-57(53)60(45-23-22-37(32-56(45)69-55)66-48-15-6-5-13-41(48)42-26-28-63-34-54(42)66)46-14-10-27-64-58(46)59-47(60)31-38(33-65-59)67-49-16-7-3-11-39(49)40-12-4-8-17-50(40)67/h3-34H. The highest BCUT2D eigenvalue weighted by Crippen LogP contribution is 2.63. The molecule has 69 heavy (non-hydrogen) atoms. The molecule has 2 aliphatic rings. The van der Waals surface area contributed by atoms with Gasteiger partial charge in [-0.15, -0.1) is 0 Å². The highest BCUT2D eigenvalue weighted by molar-refractivity contribution is 6.13. The van der Waals surface area contributed by atoms with Crippen molar-refractivity contribution in [3.63, 3.8) is 0 Å². The normalized spacial score (nSPS) is 14.5. The maximum absolute atomic E-state index is 7.95. The smallest absolute Gasteiger partial charge is 0.188 e. The number of para-hydroxylation sites is 3. The van der Waals surface area contributed by atoms with Gasteiger partial charge < -0.3 is 18.4 Å². The van der Waals surface area contributed by atoms with Crippen molar-refractivity contribution in [2.24, 2.45) is 0 Å². The van der Waals surface area contributed by atoms with Gasteiger partial charge in [0.15, 0.2) is 11.4 Å². The summed E-state index contributed by atoms with van der Waals surface area (Å²) in [6.45, 7) is 15.9. The fraction of sp³-hybridized carbons (Fsp3) is 0.0167. The van der Waals surface area contributed by atoms with Gasteiger partial charge in [0.1, 0.15) is 11.5 Å². The van der Waals surface area contributed by atoms with Gasteiger partial charge in [0.05, 0.1) is 86.8 Å². The van der Waals surface area contributed by atoms with Crippen molar-refractivity contribution in [3.8, 4) is 39.9 Å². The molecule has 0 fully saturated rings. The lowest BCUT2D eigenvalue weighted by Crippen LogP contribution is -2.34. The molecule has 9 nitrogen and oxygen atoms in total. The van der Waals surface area contributed by atoms with Crippen molar-refractivity contribution in [2.75, 3.05) is 0 Å². The Labute approximate surface area is 393 Å². The van der Waals surface area contributed by atoms with Gasteiger partial charge >= 0.3 is 0 Å². The topological polar surface area (TPSA) is 71.4 Å². The monoisotopic (exact) mass is 880 g/mol. The van der Waals surface area contributed by atoms with E-state index in [9.17, 15) is 0 Å². The lowest BCUT2D eigenvalue weighted by Gasteiger charge is -2.40. The zero-order chi connectivity index (χ0) is 45.5. The first-order chi connectivity index (χ1) is 34.1. The Morgan fingerprint density at radius 2 is 1.04 bits per heavy atom. The van der Waals surface area contributed by atoms with E-state index in [0.29, 0.717) is 22.9 Å². The molecule has 1 unspecified atom stereocenters. The summed E-state index contributed by atoms with van der Waals surface area (Å²) in [5.74, 6) is 1.40. The summed E-state index contributed by atoms with van der Waals surface area (Å²) in [5.41, 5.74) is 14.3. The van der Waals surface area contributed by atoms with E-state index >= 15 is 0 Å². The summed E-state index contributed by atoms with van der Waals surface area (Å²) in [5, 5.41) is 6.38. The number of nitrogens with zero attached hydrogens (tertiary/aromatic N) is 8. The van der Waals surface area contributed by atoms with E-state index in [1.807, 2.05) is 67.3 Å². The second-order valence-electron chi connectivity index (χ2n) is 17.7. The molecular weight excluding hydrogens is 849 g/mol. The Kier molecular flexibility index (Phi) is 7.38. The lowest BCUT2D eigenvalue weighted by atomic mass is 9.65. The van der Waals surface area contributed by atoms with Crippen molar-refractivity contribution in [1.82, 2.24) is 28.7 Å². The summed E-state index contributed by atoms with van der Waals surface area (Å²) in [6, 6.07) is 58.8. The number of aromatic nitrogens is 6. The fourth-order valence-electron chi connectivity index (χ4n) is 11.8. The fourth-order valence-corrected chi connectivity index (χ4v) is 11.8. The van der Waals surface area contributed by atoms with E-state index in [1.54, 1.807) is 0 Å². The third-order valence-electron chi connectivity index (χ3n) is 14.5. The average molecular weight is 881 g/mol. The number of rotatable bonds is 3. The van der Waals surface area contributed by atoms with Crippen LogP contribution in [0.1, 0.15) is 22.3 Å². The maximum Gasteiger partial charge on any atom is 0.188 e. The van der Waals surface area contributed by atoms with Crippen LogP contribution in [0.5, 0.6) is 11.5 Å². The average Bonchev–Trinajstić information content (AvgIpc) is 4.12. The number of ether oxygens (including phenoxy) is 1. The minimum Gasteiger partial charge on any atom is -0.457 e. The predicted molar refractivity (Wildman–Crippen MR) is 273 cm³/mol. The quantitative estimate of drug-likeness (QED) is 0.166. The van der Waals surface area contributed by atoms with Gasteiger partial charge in [0.25, 0.3) is 0 Å². The largest absolute Gasteiger partial charge is 0.457 e. The van der Waals surface area contributed by atoms with Gasteiger partial charge in [-0.2, -0.15) is 0 Å². The molecule has 13 aromatic rings. The van der Waals surface area contributed by atoms with Crippen molar-refractivity contribution >= 4 is 76.8 Å². The van der Waals surface area contributed by atoms with Crippen molar-refractivity contribution < 1.29 is 4.74 Å². The molecule has 1 spiro atoms. The van der Waals surface area contributed by atoms with Crippen molar-refractivity contribution in [2.45, 2.75) is 5.41 Å². The zero-order valence-corrected chi connectivity index (χ0v) is 36.5. The van der Waals surface area contributed by atoms with Crippen LogP contribution in [-0.2, 0) is 5.41 Å². The maximum atomic E-state index is 7.95. The van der Waals surface area contributed by atoms with Crippen LogP contribution in [0.25, 0.3) is 104 Å². The Bertz CT molecular complexity index is 4340. The van der Waals surface area contributed by atoms with Crippen LogP contribution in [0.3, 0.4) is 0 Å². The van der Waals surface area contributed by atoms with Gasteiger partial charge in [-0.3, -0.25) is 15.0 Å². The molecule has 0 saturated heterocycles. The molecular formula is C60H32N8O. The number of pyridine rings is 3. The summed E-state index contributed by atoms with van der Waals surface area (Å²) in [6.07, 6.45) is 7.62. The minimum atomic E-state index is -1.02. The highest BCUT2D eigenvalue weighted by atomic mass is 16.5. The first-order valence-electron chi connectivity index (χ1n) is 22.7. The number of hydrogen-bond donors (Lipinski definition) is 0. The first kappa shape index (κ1) is 37.4. The van der Waals surface area contributed by atoms with Crippen LogP contribution in [0, 0.1) is 13.1 Å². The lowest BCUT2D eigenvalue weighted by molar-refractivity contribution is 0.435. The van der Waals surface area contributed by atoms with E-state index in [1.165, 1.54) is 10.8 Å². The van der Waals surface area contributed by atoms with Gasteiger partial charge in [-0.05, 0) is 95.2 Å². The molecule has 0 amide bonds. The van der Waals surface area contributed by atoms with Crippen LogP contribution >= 0.6 is 0 Å². The van der Waals surface area contributed by atoms with Crippen molar-refractivity contribution in [1.29, 1.82) is 0 Å². The summed E-state index contributed by atoms with van der Waals surface area (Å²) >= 11 is 0. The molecule has 6 aromatic heterocycles. The molecule has 0 bridgehead atoms. The van der Waals surface area contributed by atoms with E-state index < -0.39 is 5.41 Å². The van der Waals surface area contributed by atoms with Crippen LogP contribution in [0.15, 0.2) is 195 Å². The Balaban J connectivity index is 1.08. The third-order valence-corrected chi connectivity index (χ3v) is 14.5. The number of fused-ring (bicyclic) bond motifs is 18. The Morgan fingerprint density at radius 1 is 0.420 bits per heavy atom. The minimum absolute atomic E-state index is 0.529. The zero-order valence-electron chi connectivity index (χ0n) is 36.5. The molecule has 1 aliphatic heterocycles. The van der Waals surface area contributed by atoms with Gasteiger partial charge in [0.2, 0.25) is 0 Å². The first-order valence-corrected chi connectivity index (χ1v) is 22.7. The van der Waals surface area contributed by atoms with Crippen LogP contribution in [0.2, 0.25) is 0 Å². The SMILES string of the molecule is [C-]#[N+]c1ccc2c(c1)c1cc([N+]#[C-])ccc1n2-c1cccc2c1C1(c3ccc(-n4c5ccccc5c5ccncc54)cc3O2)c2cccnc2-c2ncc(-n3c4ccccc4c4ccccc43)cc21. The number of benzene rings is 7. The van der Waals surface area contributed by atoms with Crippen LogP contribution in [0.4, 0.5) is 11.4 Å². The third kappa shape index (κ3) is 4.82. The highest BCUT2D eigenvalue weighted by Gasteiger charge is 2.54. The van der Waals surface area contributed by atoms with Crippen LogP contribution < -0.4 is 4.74 Å². The molecule has 1 atom stereocenters. The van der Waals surface area contributed by atoms with Crippen molar-refractivity contribution in [3.05, 3.63) is 240 Å². The van der Waals surface area contributed by atoms with E-state index in [4.69, 9.17) is 27.8 Å². The van der Waals surface area contributed by atoms with Crippen LogP contribution in [-0.4, -0.2) is 28.7 Å². The summed E-state index contributed by atoms with van der Waals surface area (Å²) in [7, 11) is 0. The number of hydrogen-bond acceptors (Lipinski definition) is 4. The van der Waals surface area contributed by atoms with Gasteiger partial charge in [-0.1, -0.05) is 84.9 Å². The summed E-state index contributed by atoms with van der Waals surface area (Å²) in [4.78, 5) is 22.8. The molecule has 7 aromatic carbocycles. The predicted octanol–water partition coefficient (Wildman–Crippen LogP) is 14.7. The molecule has 1 aliphatic carbocycles. The summed E-state index contributed by atoms with van der Waals surface area (Å²) < 4.78 is 14.2. The molecule has 9 heteroatoms. The second kappa shape index (κ2) is 13.6.